The maximum absolute atomic E-state index is 10.6. The maximum atomic E-state index is 10.6. The molecule has 3 nitrogen and oxygen atoms in total. The average molecular weight is 359 g/mol. The first-order valence-electron chi connectivity index (χ1n) is 7.27. The van der Waals surface area contributed by atoms with Gasteiger partial charge in [0.15, 0.2) is 0 Å². The van der Waals surface area contributed by atoms with E-state index in [2.05, 4.69) is 43.6 Å². The van der Waals surface area contributed by atoms with E-state index in [4.69, 9.17) is 9.47 Å². The Morgan fingerprint density at radius 3 is 2.19 bits per heavy atom. The minimum Gasteiger partial charge on any atom is -0.496 e. The first-order valence-corrected chi connectivity index (χ1v) is 8.06. The first-order chi connectivity index (χ1) is 9.67. The van der Waals surface area contributed by atoms with Gasteiger partial charge in [0.2, 0.25) is 0 Å². The number of benzene rings is 1. The second-order valence-electron chi connectivity index (χ2n) is 6.85. The van der Waals surface area contributed by atoms with Gasteiger partial charge in [-0.25, -0.2) is 0 Å². The van der Waals surface area contributed by atoms with Crippen LogP contribution < -0.4 is 9.47 Å². The lowest BCUT2D eigenvalue weighted by molar-refractivity contribution is 0.130. The lowest BCUT2D eigenvalue weighted by Gasteiger charge is -2.25. The smallest absolute Gasteiger partial charge is 0.133 e. The van der Waals surface area contributed by atoms with Gasteiger partial charge in [-0.15, -0.1) is 0 Å². The van der Waals surface area contributed by atoms with Crippen molar-refractivity contribution in [2.24, 2.45) is 11.3 Å². The fourth-order valence-electron chi connectivity index (χ4n) is 2.78. The number of hydrogen-bond donors (Lipinski definition) is 1. The third-order valence-corrected chi connectivity index (χ3v) is 4.07. The zero-order valence-electron chi connectivity index (χ0n) is 13.9. The molecule has 0 saturated heterocycles. The second-order valence-corrected chi connectivity index (χ2v) is 7.70. The molecule has 0 saturated carbocycles. The van der Waals surface area contributed by atoms with Crippen molar-refractivity contribution in [3.8, 4) is 11.5 Å². The molecular formula is C17H27BrO3. The highest BCUT2D eigenvalue weighted by Gasteiger charge is 2.22. The largest absolute Gasteiger partial charge is 0.496 e. The molecule has 1 N–H and O–H groups in total. The van der Waals surface area contributed by atoms with Crippen molar-refractivity contribution in [2.75, 3.05) is 14.2 Å². The van der Waals surface area contributed by atoms with Gasteiger partial charge in [-0.2, -0.15) is 0 Å². The Kier molecular flexibility index (Phi) is 6.54. The van der Waals surface area contributed by atoms with Crippen LogP contribution in [0.2, 0.25) is 0 Å². The molecule has 0 aliphatic rings. The molecular weight excluding hydrogens is 332 g/mol. The number of methoxy groups -OCH3 is 2. The predicted molar refractivity (Wildman–Crippen MR) is 90.1 cm³/mol. The van der Waals surface area contributed by atoms with Crippen LogP contribution in [0.3, 0.4) is 0 Å². The molecule has 2 unspecified atom stereocenters. The van der Waals surface area contributed by atoms with Crippen LogP contribution in [0.25, 0.3) is 0 Å². The van der Waals surface area contributed by atoms with Gasteiger partial charge in [-0.3, -0.25) is 0 Å². The van der Waals surface area contributed by atoms with Gasteiger partial charge in [-0.1, -0.05) is 27.7 Å². The highest BCUT2D eigenvalue weighted by Crippen LogP contribution is 2.38. The Labute approximate surface area is 136 Å². The summed E-state index contributed by atoms with van der Waals surface area (Å²) in [6, 6.07) is 3.68. The number of aliphatic hydroxyl groups is 1. The van der Waals surface area contributed by atoms with E-state index >= 15 is 0 Å². The summed E-state index contributed by atoms with van der Waals surface area (Å²) in [4.78, 5) is 0. The van der Waals surface area contributed by atoms with Crippen molar-refractivity contribution in [1.82, 2.24) is 0 Å². The van der Waals surface area contributed by atoms with Gasteiger partial charge >= 0.3 is 0 Å². The molecule has 0 aromatic heterocycles. The van der Waals surface area contributed by atoms with Gasteiger partial charge in [0.1, 0.15) is 11.5 Å². The van der Waals surface area contributed by atoms with Gasteiger partial charge in [0, 0.05) is 5.56 Å². The van der Waals surface area contributed by atoms with Crippen LogP contribution in [0, 0.1) is 11.3 Å². The SMILES string of the molecule is COc1cc(C(O)CC(C)CC(C)(C)C)c(OC)cc1Br. The fourth-order valence-corrected chi connectivity index (χ4v) is 3.27. The Morgan fingerprint density at radius 1 is 1.14 bits per heavy atom. The molecule has 0 aliphatic carbocycles. The van der Waals surface area contributed by atoms with Gasteiger partial charge in [-0.05, 0) is 52.2 Å². The number of hydrogen-bond acceptors (Lipinski definition) is 3. The monoisotopic (exact) mass is 358 g/mol. The van der Waals surface area contributed by atoms with Crippen molar-refractivity contribution >= 4 is 15.9 Å². The van der Waals surface area contributed by atoms with Crippen molar-refractivity contribution < 1.29 is 14.6 Å². The Balaban J connectivity index is 2.93. The Morgan fingerprint density at radius 2 is 1.71 bits per heavy atom. The van der Waals surface area contributed by atoms with Crippen molar-refractivity contribution in [3.63, 3.8) is 0 Å². The third kappa shape index (κ3) is 5.51. The molecule has 0 fully saturated rings. The Bertz CT molecular complexity index is 466. The van der Waals surface area contributed by atoms with Crippen LogP contribution in [-0.4, -0.2) is 19.3 Å². The number of aliphatic hydroxyl groups excluding tert-OH is 1. The minimum atomic E-state index is -0.556. The average Bonchev–Trinajstić information content (AvgIpc) is 2.35. The molecule has 0 amide bonds. The van der Waals surface area contributed by atoms with E-state index in [0.29, 0.717) is 23.8 Å². The fraction of sp³-hybridized carbons (Fsp3) is 0.647. The normalized spacial score (nSPS) is 14.7. The van der Waals surface area contributed by atoms with Crippen LogP contribution in [0.5, 0.6) is 11.5 Å². The maximum Gasteiger partial charge on any atom is 0.133 e. The van der Waals surface area contributed by atoms with E-state index in [0.717, 1.165) is 16.5 Å². The summed E-state index contributed by atoms with van der Waals surface area (Å²) >= 11 is 3.44. The minimum absolute atomic E-state index is 0.265. The molecule has 1 aromatic carbocycles. The van der Waals surface area contributed by atoms with Crippen LogP contribution in [0.4, 0.5) is 0 Å². The quantitative estimate of drug-likeness (QED) is 0.780. The summed E-state index contributed by atoms with van der Waals surface area (Å²) in [5.74, 6) is 1.81. The van der Waals surface area contributed by atoms with Gasteiger partial charge in [0.25, 0.3) is 0 Å². The standard InChI is InChI=1S/C17H27BrO3/c1-11(10-17(2,3)4)7-14(19)12-8-16(21-6)13(18)9-15(12)20-5/h8-9,11,14,19H,7,10H2,1-6H3. The molecule has 0 heterocycles. The first kappa shape index (κ1) is 18.3. The van der Waals surface area contributed by atoms with E-state index in [9.17, 15) is 5.11 Å². The molecule has 0 bridgehead atoms. The van der Waals surface area contributed by atoms with E-state index in [1.165, 1.54) is 0 Å². The molecule has 0 aliphatic heterocycles. The van der Waals surface area contributed by atoms with Crippen molar-refractivity contribution in [1.29, 1.82) is 0 Å². The lowest BCUT2D eigenvalue weighted by atomic mass is 9.82. The van der Waals surface area contributed by atoms with Crippen LogP contribution in [0.1, 0.15) is 52.2 Å². The highest BCUT2D eigenvalue weighted by atomic mass is 79.9. The van der Waals surface area contributed by atoms with Crippen LogP contribution in [0.15, 0.2) is 16.6 Å². The highest BCUT2D eigenvalue weighted by molar-refractivity contribution is 9.10. The summed E-state index contributed by atoms with van der Waals surface area (Å²) in [5.41, 5.74) is 1.04. The molecule has 1 aromatic rings. The molecule has 2 atom stereocenters. The summed E-state index contributed by atoms with van der Waals surface area (Å²) < 4.78 is 11.5. The lowest BCUT2D eigenvalue weighted by Crippen LogP contribution is -2.14. The van der Waals surface area contributed by atoms with Crippen molar-refractivity contribution in [2.45, 2.75) is 46.6 Å². The molecule has 0 radical (unpaired) electrons. The van der Waals surface area contributed by atoms with E-state index in [1.807, 2.05) is 12.1 Å². The molecule has 0 spiro atoms. The summed E-state index contributed by atoms with van der Waals surface area (Å²) in [5, 5.41) is 10.6. The molecule has 21 heavy (non-hydrogen) atoms. The number of ether oxygens (including phenoxy) is 2. The van der Waals surface area contributed by atoms with Gasteiger partial charge in [0.05, 0.1) is 24.8 Å². The van der Waals surface area contributed by atoms with E-state index < -0.39 is 6.10 Å². The third-order valence-electron chi connectivity index (χ3n) is 3.45. The molecule has 4 heteroatoms. The van der Waals surface area contributed by atoms with Crippen LogP contribution >= 0.6 is 15.9 Å². The summed E-state index contributed by atoms with van der Waals surface area (Å²) in [7, 11) is 3.23. The summed E-state index contributed by atoms with van der Waals surface area (Å²) in [6.45, 7) is 8.84. The Hall–Kier alpha value is -0.740. The van der Waals surface area contributed by atoms with E-state index in [-0.39, 0.29) is 5.41 Å². The topological polar surface area (TPSA) is 38.7 Å². The molecule has 1 rings (SSSR count). The number of halogens is 1. The van der Waals surface area contributed by atoms with Crippen molar-refractivity contribution in [3.05, 3.63) is 22.2 Å². The van der Waals surface area contributed by atoms with Gasteiger partial charge < -0.3 is 14.6 Å². The summed E-state index contributed by atoms with van der Waals surface area (Å²) in [6.07, 6.45) is 1.22. The molecule has 120 valence electrons. The second kappa shape index (κ2) is 7.50. The zero-order chi connectivity index (χ0) is 16.2. The zero-order valence-corrected chi connectivity index (χ0v) is 15.5. The van der Waals surface area contributed by atoms with E-state index in [1.54, 1.807) is 14.2 Å². The van der Waals surface area contributed by atoms with Crippen LogP contribution in [-0.2, 0) is 0 Å². The predicted octanol–water partition coefficient (Wildman–Crippen LogP) is 4.96. The number of rotatable bonds is 6.